The van der Waals surface area contributed by atoms with E-state index in [9.17, 15) is 4.79 Å². The molecule has 0 aliphatic carbocycles. The summed E-state index contributed by atoms with van der Waals surface area (Å²) in [5, 5.41) is 6.19. The number of likely N-dealkylation sites (tertiary alicyclic amines) is 1. The molecule has 0 bridgehead atoms. The first kappa shape index (κ1) is 12.5. The Bertz CT molecular complexity index is 188. The molecule has 4 heteroatoms. The van der Waals surface area contributed by atoms with Crippen molar-refractivity contribution in [3.05, 3.63) is 0 Å². The molecule has 15 heavy (non-hydrogen) atoms. The van der Waals surface area contributed by atoms with Crippen LogP contribution in [0.5, 0.6) is 0 Å². The van der Waals surface area contributed by atoms with Crippen LogP contribution in [0.1, 0.15) is 26.2 Å². The number of carbonyl (C=O) groups is 1. The molecule has 1 aliphatic heterocycles. The van der Waals surface area contributed by atoms with E-state index in [2.05, 4.69) is 22.5 Å². The van der Waals surface area contributed by atoms with Gasteiger partial charge in [0.2, 0.25) is 5.91 Å². The Labute approximate surface area is 92.4 Å². The normalized spacial score (nSPS) is 19.1. The molecule has 0 spiro atoms. The summed E-state index contributed by atoms with van der Waals surface area (Å²) < 4.78 is 0. The van der Waals surface area contributed by atoms with Crippen LogP contribution in [0.4, 0.5) is 0 Å². The summed E-state index contributed by atoms with van der Waals surface area (Å²) in [7, 11) is 2.01. The van der Waals surface area contributed by atoms with Gasteiger partial charge >= 0.3 is 0 Å². The minimum atomic E-state index is 0.166. The third-order valence-electron chi connectivity index (χ3n) is 2.94. The van der Waals surface area contributed by atoms with Crippen molar-refractivity contribution in [1.82, 2.24) is 15.5 Å². The summed E-state index contributed by atoms with van der Waals surface area (Å²) in [6.07, 6.45) is 3.31. The van der Waals surface area contributed by atoms with Gasteiger partial charge in [0.25, 0.3) is 0 Å². The van der Waals surface area contributed by atoms with Gasteiger partial charge in [0.15, 0.2) is 0 Å². The van der Waals surface area contributed by atoms with Gasteiger partial charge in [0, 0.05) is 25.7 Å². The van der Waals surface area contributed by atoms with E-state index >= 15 is 0 Å². The molecule has 4 nitrogen and oxygen atoms in total. The summed E-state index contributed by atoms with van der Waals surface area (Å²) in [5.41, 5.74) is 0. The maximum absolute atomic E-state index is 11.5. The van der Waals surface area contributed by atoms with Crippen molar-refractivity contribution >= 4 is 5.91 Å². The lowest BCUT2D eigenvalue weighted by atomic mass is 10.1. The quantitative estimate of drug-likeness (QED) is 0.685. The highest BCUT2D eigenvalue weighted by atomic mass is 16.2. The van der Waals surface area contributed by atoms with Crippen LogP contribution in [-0.4, -0.2) is 50.1 Å². The Hall–Kier alpha value is -0.610. The second-order valence-corrected chi connectivity index (χ2v) is 4.19. The van der Waals surface area contributed by atoms with Crippen LogP contribution >= 0.6 is 0 Å². The minimum absolute atomic E-state index is 0.166. The Morgan fingerprint density at radius 2 is 2.07 bits per heavy atom. The van der Waals surface area contributed by atoms with Crippen molar-refractivity contribution in [3.8, 4) is 0 Å². The Morgan fingerprint density at radius 1 is 1.40 bits per heavy atom. The molecule has 88 valence electrons. The highest BCUT2D eigenvalue weighted by molar-refractivity contribution is 5.77. The average Bonchev–Trinajstić information content (AvgIpc) is 2.27. The van der Waals surface area contributed by atoms with Gasteiger partial charge in [0.05, 0.1) is 6.54 Å². The maximum Gasteiger partial charge on any atom is 0.234 e. The molecule has 1 rings (SSSR count). The van der Waals surface area contributed by atoms with Gasteiger partial charge in [-0.2, -0.15) is 0 Å². The molecule has 0 atom stereocenters. The van der Waals surface area contributed by atoms with Gasteiger partial charge in [-0.3, -0.25) is 9.69 Å². The number of hydrogen-bond acceptors (Lipinski definition) is 3. The molecule has 1 amide bonds. The predicted molar refractivity (Wildman–Crippen MR) is 61.8 cm³/mol. The van der Waals surface area contributed by atoms with Crippen LogP contribution in [0.15, 0.2) is 0 Å². The third-order valence-corrected chi connectivity index (χ3v) is 2.94. The first-order valence-corrected chi connectivity index (χ1v) is 5.92. The molecular formula is C11H23N3O. The van der Waals surface area contributed by atoms with E-state index < -0.39 is 0 Å². The zero-order valence-corrected chi connectivity index (χ0v) is 9.88. The van der Waals surface area contributed by atoms with Crippen molar-refractivity contribution < 1.29 is 4.79 Å². The van der Waals surface area contributed by atoms with Crippen LogP contribution in [-0.2, 0) is 4.79 Å². The Morgan fingerprint density at radius 3 is 2.60 bits per heavy atom. The van der Waals surface area contributed by atoms with Crippen molar-refractivity contribution in [3.63, 3.8) is 0 Å². The lowest BCUT2D eigenvalue weighted by Gasteiger charge is -2.31. The molecule has 1 saturated heterocycles. The Kier molecular flexibility index (Phi) is 5.65. The summed E-state index contributed by atoms with van der Waals surface area (Å²) in [6.45, 7) is 5.50. The largest absolute Gasteiger partial charge is 0.355 e. The zero-order chi connectivity index (χ0) is 11.1. The fourth-order valence-corrected chi connectivity index (χ4v) is 1.90. The van der Waals surface area contributed by atoms with E-state index in [0.717, 1.165) is 38.9 Å². The van der Waals surface area contributed by atoms with Gasteiger partial charge < -0.3 is 10.6 Å². The standard InChI is InChI=1S/C11H23N3O/c1-3-6-13-11(15)9-14-7-4-10(12-2)5-8-14/h10,12H,3-9H2,1-2H3,(H,13,15). The fourth-order valence-electron chi connectivity index (χ4n) is 1.90. The molecule has 0 aromatic heterocycles. The smallest absolute Gasteiger partial charge is 0.234 e. The second kappa shape index (κ2) is 6.80. The van der Waals surface area contributed by atoms with Gasteiger partial charge in [-0.15, -0.1) is 0 Å². The van der Waals surface area contributed by atoms with Gasteiger partial charge in [-0.1, -0.05) is 6.92 Å². The van der Waals surface area contributed by atoms with Gasteiger partial charge in [-0.25, -0.2) is 0 Å². The topological polar surface area (TPSA) is 44.4 Å². The lowest BCUT2D eigenvalue weighted by Crippen LogP contribution is -2.45. The summed E-state index contributed by atoms with van der Waals surface area (Å²) in [5.74, 6) is 0.166. The number of nitrogens with zero attached hydrogens (tertiary/aromatic N) is 1. The number of rotatable bonds is 5. The Balaban J connectivity index is 2.15. The highest BCUT2D eigenvalue weighted by Crippen LogP contribution is 2.08. The summed E-state index contributed by atoms with van der Waals surface area (Å²) in [4.78, 5) is 13.7. The fraction of sp³-hybridized carbons (Fsp3) is 0.909. The maximum atomic E-state index is 11.5. The highest BCUT2D eigenvalue weighted by Gasteiger charge is 2.18. The minimum Gasteiger partial charge on any atom is -0.355 e. The predicted octanol–water partition coefficient (Wildman–Crippen LogP) is 0.196. The van der Waals surface area contributed by atoms with Crippen LogP contribution in [0.2, 0.25) is 0 Å². The van der Waals surface area contributed by atoms with Crippen molar-refractivity contribution in [2.45, 2.75) is 32.2 Å². The average molecular weight is 213 g/mol. The number of amides is 1. The molecule has 1 fully saturated rings. The third kappa shape index (κ3) is 4.62. The van der Waals surface area contributed by atoms with Crippen LogP contribution in [0, 0.1) is 0 Å². The van der Waals surface area contributed by atoms with E-state index in [1.807, 2.05) is 7.05 Å². The number of hydrogen-bond donors (Lipinski definition) is 2. The molecule has 0 saturated carbocycles. The zero-order valence-electron chi connectivity index (χ0n) is 9.88. The number of carbonyl (C=O) groups excluding carboxylic acids is 1. The van der Waals surface area contributed by atoms with Crippen molar-refractivity contribution in [1.29, 1.82) is 0 Å². The molecule has 2 N–H and O–H groups in total. The number of nitrogens with one attached hydrogen (secondary N) is 2. The van der Waals surface area contributed by atoms with E-state index in [4.69, 9.17) is 0 Å². The molecule has 0 aromatic rings. The van der Waals surface area contributed by atoms with E-state index in [-0.39, 0.29) is 5.91 Å². The van der Waals surface area contributed by atoms with Crippen LogP contribution in [0.25, 0.3) is 0 Å². The number of piperidine rings is 1. The molecule has 0 aromatic carbocycles. The van der Waals surface area contributed by atoms with E-state index in [1.165, 1.54) is 0 Å². The van der Waals surface area contributed by atoms with Gasteiger partial charge in [-0.05, 0) is 26.3 Å². The van der Waals surface area contributed by atoms with Crippen LogP contribution < -0.4 is 10.6 Å². The first-order valence-electron chi connectivity index (χ1n) is 5.92. The van der Waals surface area contributed by atoms with E-state index in [1.54, 1.807) is 0 Å². The van der Waals surface area contributed by atoms with Gasteiger partial charge in [0.1, 0.15) is 0 Å². The molecule has 1 aliphatic rings. The molecule has 1 heterocycles. The summed E-state index contributed by atoms with van der Waals surface area (Å²) >= 11 is 0. The molecule has 0 unspecified atom stereocenters. The monoisotopic (exact) mass is 213 g/mol. The van der Waals surface area contributed by atoms with E-state index in [0.29, 0.717) is 12.6 Å². The molecular weight excluding hydrogens is 190 g/mol. The van der Waals surface area contributed by atoms with Crippen molar-refractivity contribution in [2.24, 2.45) is 0 Å². The summed E-state index contributed by atoms with van der Waals surface area (Å²) in [6, 6.07) is 0.639. The van der Waals surface area contributed by atoms with Crippen LogP contribution in [0.3, 0.4) is 0 Å². The first-order chi connectivity index (χ1) is 7.26. The van der Waals surface area contributed by atoms with Crippen molar-refractivity contribution in [2.75, 3.05) is 33.2 Å². The second-order valence-electron chi connectivity index (χ2n) is 4.19. The lowest BCUT2D eigenvalue weighted by molar-refractivity contribution is -0.122. The molecule has 0 radical (unpaired) electrons. The SMILES string of the molecule is CCCNC(=O)CN1CCC(NC)CC1.